The maximum Gasteiger partial charge on any atom is 0.305 e. The maximum atomic E-state index is 11.9. The Morgan fingerprint density at radius 3 is 2.59 bits per heavy atom. The van der Waals surface area contributed by atoms with Crippen molar-refractivity contribution in [2.45, 2.75) is 17.7 Å². The molecule has 0 saturated heterocycles. The fourth-order valence-electron chi connectivity index (χ4n) is 1.32. The molecule has 0 radical (unpaired) electrons. The molecule has 0 bridgehead atoms. The summed E-state index contributed by atoms with van der Waals surface area (Å²) < 4.78 is 28.9. The molecular weight excluding hydrogens is 308 g/mol. The number of hydrogen-bond donors (Lipinski definition) is 0. The molecule has 1 aromatic carbocycles. The quantitative estimate of drug-likeness (QED) is 0.780. The van der Waals surface area contributed by atoms with E-state index in [9.17, 15) is 13.2 Å². The molecule has 0 N–H and O–H groups in total. The fraction of sp³-hybridized carbons (Fsp3) is 0.364. The monoisotopic (exact) mass is 320 g/mol. The lowest BCUT2D eigenvalue weighted by Gasteiger charge is -2.05. The molecule has 0 heterocycles. The minimum atomic E-state index is -3.35. The van der Waals surface area contributed by atoms with Crippen LogP contribution in [0.25, 0.3) is 0 Å². The minimum Gasteiger partial charge on any atom is -0.469 e. The standard InChI is InChI=1S/C11H13BrO4S/c1-16-11(13)7-4-8-17(14,15)10-6-3-2-5-9(10)12/h2-3,5-6H,4,7-8H2,1H3. The van der Waals surface area contributed by atoms with Gasteiger partial charge in [-0.15, -0.1) is 0 Å². The summed E-state index contributed by atoms with van der Waals surface area (Å²) in [5, 5.41) is 0. The van der Waals surface area contributed by atoms with Crippen LogP contribution in [0.4, 0.5) is 0 Å². The number of ether oxygens (including phenoxy) is 1. The van der Waals surface area contributed by atoms with Crippen LogP contribution in [0.1, 0.15) is 12.8 Å². The minimum absolute atomic E-state index is 0.0648. The lowest BCUT2D eigenvalue weighted by molar-refractivity contribution is -0.140. The van der Waals surface area contributed by atoms with Gasteiger partial charge in [0.1, 0.15) is 0 Å². The summed E-state index contributed by atoms with van der Waals surface area (Å²) in [4.78, 5) is 11.1. The SMILES string of the molecule is COC(=O)CCCS(=O)(=O)c1ccccc1Br. The van der Waals surface area contributed by atoms with Gasteiger partial charge in [-0.1, -0.05) is 12.1 Å². The predicted octanol–water partition coefficient (Wildman–Crippen LogP) is 2.18. The molecule has 1 rings (SSSR count). The van der Waals surface area contributed by atoms with Crippen LogP contribution in [0.2, 0.25) is 0 Å². The van der Waals surface area contributed by atoms with Gasteiger partial charge in [-0.05, 0) is 34.5 Å². The number of methoxy groups -OCH3 is 1. The molecule has 0 spiro atoms. The highest BCUT2D eigenvalue weighted by molar-refractivity contribution is 9.10. The number of carbonyl (C=O) groups is 1. The number of benzene rings is 1. The van der Waals surface area contributed by atoms with Crippen molar-refractivity contribution in [2.75, 3.05) is 12.9 Å². The first-order chi connectivity index (χ1) is 7.97. The summed E-state index contributed by atoms with van der Waals surface area (Å²) in [7, 11) is -2.07. The van der Waals surface area contributed by atoms with Gasteiger partial charge in [0.05, 0.1) is 17.8 Å². The van der Waals surface area contributed by atoms with Gasteiger partial charge in [-0.2, -0.15) is 0 Å². The molecule has 0 amide bonds. The van der Waals surface area contributed by atoms with E-state index in [-0.39, 0.29) is 23.5 Å². The van der Waals surface area contributed by atoms with E-state index in [0.717, 1.165) is 0 Å². The largest absolute Gasteiger partial charge is 0.469 e. The van der Waals surface area contributed by atoms with Crippen LogP contribution >= 0.6 is 15.9 Å². The van der Waals surface area contributed by atoms with Gasteiger partial charge in [-0.3, -0.25) is 4.79 Å². The van der Waals surface area contributed by atoms with E-state index in [1.54, 1.807) is 18.2 Å². The average Bonchev–Trinajstić information content (AvgIpc) is 2.28. The second-order valence-electron chi connectivity index (χ2n) is 3.43. The van der Waals surface area contributed by atoms with Crippen LogP contribution in [0.3, 0.4) is 0 Å². The Balaban J connectivity index is 2.70. The van der Waals surface area contributed by atoms with Crippen molar-refractivity contribution in [2.24, 2.45) is 0 Å². The molecule has 0 saturated carbocycles. The molecule has 0 aromatic heterocycles. The lowest BCUT2D eigenvalue weighted by atomic mass is 10.3. The Morgan fingerprint density at radius 1 is 1.35 bits per heavy atom. The Kier molecular flexibility index (Phi) is 5.14. The zero-order valence-corrected chi connectivity index (χ0v) is 11.8. The first-order valence-corrected chi connectivity index (χ1v) is 7.46. The van der Waals surface area contributed by atoms with Crippen LogP contribution in [0, 0.1) is 0 Å². The molecule has 0 aliphatic carbocycles. The van der Waals surface area contributed by atoms with Crippen molar-refractivity contribution in [1.29, 1.82) is 0 Å². The Morgan fingerprint density at radius 2 is 2.00 bits per heavy atom. The molecule has 1 aromatic rings. The first-order valence-electron chi connectivity index (χ1n) is 5.01. The van der Waals surface area contributed by atoms with E-state index < -0.39 is 15.8 Å². The first kappa shape index (κ1) is 14.2. The highest BCUT2D eigenvalue weighted by atomic mass is 79.9. The van der Waals surface area contributed by atoms with E-state index in [2.05, 4.69) is 20.7 Å². The molecule has 0 unspecified atom stereocenters. The third kappa shape index (κ3) is 4.12. The Bertz CT molecular complexity index is 496. The number of hydrogen-bond acceptors (Lipinski definition) is 4. The van der Waals surface area contributed by atoms with Crippen molar-refractivity contribution in [3.8, 4) is 0 Å². The molecule has 0 atom stereocenters. The molecule has 6 heteroatoms. The summed E-state index contributed by atoms with van der Waals surface area (Å²) in [5.41, 5.74) is 0. The van der Waals surface area contributed by atoms with Crippen LogP contribution < -0.4 is 0 Å². The number of carbonyl (C=O) groups excluding carboxylic acids is 1. The smallest absolute Gasteiger partial charge is 0.305 e. The summed E-state index contributed by atoms with van der Waals surface area (Å²) in [6, 6.07) is 6.63. The van der Waals surface area contributed by atoms with Crippen LogP contribution in [-0.2, 0) is 19.4 Å². The zero-order valence-electron chi connectivity index (χ0n) is 9.35. The lowest BCUT2D eigenvalue weighted by Crippen LogP contribution is -2.10. The molecule has 4 nitrogen and oxygen atoms in total. The molecule has 94 valence electrons. The van der Waals surface area contributed by atoms with Gasteiger partial charge < -0.3 is 4.74 Å². The third-order valence-corrected chi connectivity index (χ3v) is 5.00. The summed E-state index contributed by atoms with van der Waals surface area (Å²) >= 11 is 3.20. The van der Waals surface area contributed by atoms with E-state index in [1.165, 1.54) is 13.2 Å². The van der Waals surface area contributed by atoms with E-state index in [4.69, 9.17) is 0 Å². The zero-order chi connectivity index (χ0) is 12.9. The molecule has 0 aliphatic rings. The maximum absolute atomic E-state index is 11.9. The van der Waals surface area contributed by atoms with Gasteiger partial charge in [0, 0.05) is 10.9 Å². The van der Waals surface area contributed by atoms with Crippen LogP contribution in [0.15, 0.2) is 33.6 Å². The fourth-order valence-corrected chi connectivity index (χ4v) is 3.74. The summed E-state index contributed by atoms with van der Waals surface area (Å²) in [6.07, 6.45) is 0.372. The van der Waals surface area contributed by atoms with Crippen LogP contribution in [0.5, 0.6) is 0 Å². The molecule has 17 heavy (non-hydrogen) atoms. The normalized spacial score (nSPS) is 11.2. The van der Waals surface area contributed by atoms with Crippen molar-refractivity contribution in [1.82, 2.24) is 0 Å². The van der Waals surface area contributed by atoms with E-state index >= 15 is 0 Å². The van der Waals surface area contributed by atoms with Crippen molar-refractivity contribution >= 4 is 31.7 Å². The highest BCUT2D eigenvalue weighted by Crippen LogP contribution is 2.22. The number of halogens is 1. The topological polar surface area (TPSA) is 60.4 Å². The van der Waals surface area contributed by atoms with Crippen molar-refractivity contribution in [3.63, 3.8) is 0 Å². The predicted molar refractivity (Wildman–Crippen MR) is 67.4 cm³/mol. The van der Waals surface area contributed by atoms with E-state index in [0.29, 0.717) is 4.47 Å². The van der Waals surface area contributed by atoms with Gasteiger partial charge >= 0.3 is 5.97 Å². The summed E-state index contributed by atoms with van der Waals surface area (Å²) in [6.45, 7) is 0. The molecule has 0 aliphatic heterocycles. The van der Waals surface area contributed by atoms with Crippen LogP contribution in [-0.4, -0.2) is 27.2 Å². The Hall–Kier alpha value is -0.880. The number of esters is 1. The highest BCUT2D eigenvalue weighted by Gasteiger charge is 2.17. The molecular formula is C11H13BrO4S. The second-order valence-corrected chi connectivity index (χ2v) is 6.36. The van der Waals surface area contributed by atoms with Gasteiger partial charge in [0.25, 0.3) is 0 Å². The van der Waals surface area contributed by atoms with Gasteiger partial charge in [0.15, 0.2) is 9.84 Å². The third-order valence-electron chi connectivity index (χ3n) is 2.19. The number of rotatable bonds is 5. The molecule has 0 fully saturated rings. The van der Waals surface area contributed by atoms with Crippen molar-refractivity contribution in [3.05, 3.63) is 28.7 Å². The second kappa shape index (κ2) is 6.16. The van der Waals surface area contributed by atoms with E-state index in [1.807, 2.05) is 0 Å². The summed E-state index contributed by atoms with van der Waals surface area (Å²) in [5.74, 6) is -0.461. The van der Waals surface area contributed by atoms with Gasteiger partial charge in [-0.25, -0.2) is 8.42 Å². The average molecular weight is 321 g/mol. The van der Waals surface area contributed by atoms with Gasteiger partial charge in [0.2, 0.25) is 0 Å². The Labute approximate surface area is 109 Å². The van der Waals surface area contributed by atoms with Crippen molar-refractivity contribution < 1.29 is 17.9 Å². The number of sulfone groups is 1.